The third kappa shape index (κ3) is 57.5. The van der Waals surface area contributed by atoms with Crippen LogP contribution in [0, 0.1) is 0 Å². The Morgan fingerprint density at radius 2 is 0.575 bits per heavy atom. The van der Waals surface area contributed by atoms with Crippen molar-refractivity contribution in [3.05, 3.63) is 170 Å². The molecule has 0 radical (unpaired) electrons. The van der Waals surface area contributed by atoms with E-state index in [1.807, 2.05) is 12.2 Å². The molecule has 0 aromatic carbocycles. The van der Waals surface area contributed by atoms with Crippen LogP contribution in [0.1, 0.15) is 213 Å². The highest BCUT2D eigenvalue weighted by Crippen LogP contribution is 2.10. The summed E-state index contributed by atoms with van der Waals surface area (Å²) in [6, 6.07) is 0. The smallest absolute Gasteiger partial charge is 0.306 e. The Bertz CT molecular complexity index is 1720. The lowest BCUT2D eigenvalue weighted by atomic mass is 10.1. The fourth-order valence-electron chi connectivity index (χ4n) is 6.98. The van der Waals surface area contributed by atoms with E-state index in [0.29, 0.717) is 12.8 Å². The minimum Gasteiger partial charge on any atom is -0.462 e. The average molecular weight is 1000 g/mol. The first-order valence-corrected chi connectivity index (χ1v) is 28.6. The highest BCUT2D eigenvalue weighted by Gasteiger charge is 2.19. The van der Waals surface area contributed by atoms with Crippen molar-refractivity contribution in [2.75, 3.05) is 13.2 Å². The maximum absolute atomic E-state index is 12.8. The van der Waals surface area contributed by atoms with Gasteiger partial charge in [-0.2, -0.15) is 0 Å². The molecule has 0 aliphatic carbocycles. The number of hydrogen-bond donors (Lipinski definition) is 0. The quantitative estimate of drug-likeness (QED) is 0.0261. The predicted molar refractivity (Wildman–Crippen MR) is 315 cm³/mol. The number of rotatable bonds is 49. The van der Waals surface area contributed by atoms with Crippen molar-refractivity contribution in [1.82, 2.24) is 0 Å². The topological polar surface area (TPSA) is 78.9 Å². The Kier molecular flexibility index (Phi) is 55.1. The summed E-state index contributed by atoms with van der Waals surface area (Å²) in [6.45, 7) is 6.25. The lowest BCUT2D eigenvalue weighted by Gasteiger charge is -2.18. The summed E-state index contributed by atoms with van der Waals surface area (Å²) in [5, 5.41) is 0. The van der Waals surface area contributed by atoms with Gasteiger partial charge < -0.3 is 14.2 Å². The van der Waals surface area contributed by atoms with E-state index in [-0.39, 0.29) is 44.4 Å². The maximum atomic E-state index is 12.8. The van der Waals surface area contributed by atoms with Gasteiger partial charge in [-0.15, -0.1) is 0 Å². The molecule has 0 saturated heterocycles. The van der Waals surface area contributed by atoms with E-state index in [2.05, 4.69) is 179 Å². The molecular formula is C67H102O6. The van der Waals surface area contributed by atoms with Gasteiger partial charge in [0, 0.05) is 19.3 Å². The standard InChI is InChI=1S/C67H102O6/c1-4-7-10-13-16-19-22-25-28-31-33-36-39-42-45-48-51-54-57-60-66(69)72-63-64(62-71-65(68)59-56-53-50-47-44-41-38-35-30-27-24-21-18-15-12-9-6-3)73-67(70)61-58-55-52-49-46-43-40-37-34-32-29-26-23-20-17-14-11-8-5-2/h7-8,10-11,16-17,19-20,25-30,33-34,36-38,41-43,45-47,50,52,55,64H,4-6,9,12-15,18,21-24,31-32,35,39-40,44,48-49,51,53-54,56-63H2,1-3H3/b10-7-,11-8-,19-16-,20-17-,28-25-,29-26-,30-27-,36-33-,37-34-,41-38-,45-42-,46-43-,50-47-,55-52-/t64-/m0/s1. The molecule has 0 aliphatic heterocycles. The lowest BCUT2D eigenvalue weighted by molar-refractivity contribution is -0.166. The molecule has 0 fully saturated rings. The van der Waals surface area contributed by atoms with Crippen LogP contribution in [-0.4, -0.2) is 37.2 Å². The summed E-state index contributed by atoms with van der Waals surface area (Å²) in [5.74, 6) is -1.13. The first kappa shape index (κ1) is 67.8. The summed E-state index contributed by atoms with van der Waals surface area (Å²) >= 11 is 0. The zero-order valence-corrected chi connectivity index (χ0v) is 46.3. The maximum Gasteiger partial charge on any atom is 0.306 e. The van der Waals surface area contributed by atoms with E-state index in [9.17, 15) is 14.4 Å². The average Bonchev–Trinajstić information content (AvgIpc) is 3.39. The lowest BCUT2D eigenvalue weighted by Crippen LogP contribution is -2.30. The molecule has 0 unspecified atom stereocenters. The largest absolute Gasteiger partial charge is 0.462 e. The van der Waals surface area contributed by atoms with Crippen LogP contribution in [0.5, 0.6) is 0 Å². The zero-order valence-electron chi connectivity index (χ0n) is 46.3. The van der Waals surface area contributed by atoms with Gasteiger partial charge in [-0.05, 0) is 135 Å². The van der Waals surface area contributed by atoms with Crippen LogP contribution in [0.4, 0.5) is 0 Å². The van der Waals surface area contributed by atoms with E-state index >= 15 is 0 Å². The minimum absolute atomic E-state index is 0.150. The molecule has 0 aliphatic rings. The Hall–Kier alpha value is -5.23. The second kappa shape index (κ2) is 59.3. The Morgan fingerprint density at radius 3 is 0.945 bits per heavy atom. The SMILES string of the molecule is CC/C=C\C/C=C\C/C=C\C/C=C\C/C=C\C/C=C\CCC(=O)O[C@@H](COC(=O)CCC/C=C\C/C=C\C/C=C\CCCCCCCC)COC(=O)CCCCC/C=C\C/C=C\C/C=C\C/C=C\C/C=C\CC. The molecule has 0 saturated carbocycles. The molecule has 1 atom stereocenters. The van der Waals surface area contributed by atoms with Gasteiger partial charge in [0.2, 0.25) is 0 Å². The number of carbonyl (C=O) groups is 3. The molecule has 0 spiro atoms. The van der Waals surface area contributed by atoms with Crippen molar-refractivity contribution in [3.8, 4) is 0 Å². The van der Waals surface area contributed by atoms with Crippen LogP contribution < -0.4 is 0 Å². The van der Waals surface area contributed by atoms with Crippen molar-refractivity contribution in [2.24, 2.45) is 0 Å². The monoisotopic (exact) mass is 1000 g/mol. The van der Waals surface area contributed by atoms with E-state index in [1.165, 1.54) is 44.9 Å². The Morgan fingerprint density at radius 1 is 0.288 bits per heavy atom. The van der Waals surface area contributed by atoms with E-state index in [4.69, 9.17) is 14.2 Å². The zero-order chi connectivity index (χ0) is 52.9. The molecular weight excluding hydrogens is 901 g/mol. The molecule has 6 nitrogen and oxygen atoms in total. The second-order valence-corrected chi connectivity index (χ2v) is 18.1. The fourth-order valence-corrected chi connectivity index (χ4v) is 6.98. The van der Waals surface area contributed by atoms with Crippen LogP contribution >= 0.6 is 0 Å². The molecule has 0 rings (SSSR count). The van der Waals surface area contributed by atoms with Gasteiger partial charge in [0.05, 0.1) is 0 Å². The summed E-state index contributed by atoms with van der Waals surface area (Å²) < 4.78 is 16.7. The van der Waals surface area contributed by atoms with Gasteiger partial charge in [0.15, 0.2) is 6.10 Å². The summed E-state index contributed by atoms with van der Waals surface area (Å²) in [5.41, 5.74) is 0. The van der Waals surface area contributed by atoms with Crippen LogP contribution in [0.15, 0.2) is 170 Å². The van der Waals surface area contributed by atoms with Crippen molar-refractivity contribution < 1.29 is 28.6 Å². The first-order valence-electron chi connectivity index (χ1n) is 28.6. The molecule has 0 amide bonds. The normalized spacial score (nSPS) is 13.4. The van der Waals surface area contributed by atoms with Gasteiger partial charge in [0.1, 0.15) is 13.2 Å². The van der Waals surface area contributed by atoms with Crippen LogP contribution in [0.3, 0.4) is 0 Å². The molecule has 73 heavy (non-hydrogen) atoms. The van der Waals surface area contributed by atoms with Gasteiger partial charge >= 0.3 is 17.9 Å². The van der Waals surface area contributed by atoms with Gasteiger partial charge in [-0.1, -0.05) is 229 Å². The minimum atomic E-state index is -0.863. The van der Waals surface area contributed by atoms with E-state index in [0.717, 1.165) is 116 Å². The van der Waals surface area contributed by atoms with Crippen molar-refractivity contribution in [1.29, 1.82) is 0 Å². The van der Waals surface area contributed by atoms with E-state index < -0.39 is 12.1 Å². The van der Waals surface area contributed by atoms with Gasteiger partial charge in [0.25, 0.3) is 0 Å². The first-order chi connectivity index (χ1) is 36.0. The number of esters is 3. The van der Waals surface area contributed by atoms with Gasteiger partial charge in [-0.25, -0.2) is 0 Å². The number of allylic oxidation sites excluding steroid dienone is 28. The number of hydrogen-bond acceptors (Lipinski definition) is 6. The molecule has 0 N–H and O–H groups in total. The van der Waals surface area contributed by atoms with Crippen molar-refractivity contribution in [3.63, 3.8) is 0 Å². The molecule has 406 valence electrons. The predicted octanol–water partition coefficient (Wildman–Crippen LogP) is 19.5. The molecule has 0 aromatic rings. The highest BCUT2D eigenvalue weighted by atomic mass is 16.6. The van der Waals surface area contributed by atoms with Crippen molar-refractivity contribution in [2.45, 2.75) is 219 Å². The Balaban J connectivity index is 4.68. The molecule has 0 bridgehead atoms. The number of unbranched alkanes of at least 4 members (excludes halogenated alkanes) is 10. The summed E-state index contributed by atoms with van der Waals surface area (Å²) in [6.07, 6.45) is 87.9. The van der Waals surface area contributed by atoms with Crippen LogP contribution in [-0.2, 0) is 28.6 Å². The molecule has 0 heterocycles. The number of ether oxygens (including phenoxy) is 3. The molecule has 0 aromatic heterocycles. The summed E-state index contributed by atoms with van der Waals surface area (Å²) in [7, 11) is 0. The summed E-state index contributed by atoms with van der Waals surface area (Å²) in [4.78, 5) is 38.1. The third-order valence-electron chi connectivity index (χ3n) is 11.2. The Labute approximate surface area is 447 Å². The van der Waals surface area contributed by atoms with E-state index in [1.54, 1.807) is 0 Å². The highest BCUT2D eigenvalue weighted by molar-refractivity contribution is 5.71. The fraction of sp³-hybridized carbons (Fsp3) is 0.537. The van der Waals surface area contributed by atoms with Crippen LogP contribution in [0.2, 0.25) is 0 Å². The second-order valence-electron chi connectivity index (χ2n) is 18.1. The number of carbonyl (C=O) groups excluding carboxylic acids is 3. The molecule has 6 heteroatoms. The van der Waals surface area contributed by atoms with Crippen LogP contribution in [0.25, 0.3) is 0 Å². The van der Waals surface area contributed by atoms with Gasteiger partial charge in [-0.3, -0.25) is 14.4 Å². The third-order valence-corrected chi connectivity index (χ3v) is 11.2. The van der Waals surface area contributed by atoms with Crippen molar-refractivity contribution >= 4 is 17.9 Å².